The zero-order chi connectivity index (χ0) is 20.3. The van der Waals surface area contributed by atoms with Crippen LogP contribution in [0.25, 0.3) is 0 Å². The number of aryl methyl sites for hydroxylation is 1. The molecule has 10 heteroatoms. The van der Waals surface area contributed by atoms with Crippen LogP contribution in [0.3, 0.4) is 0 Å². The van der Waals surface area contributed by atoms with Gasteiger partial charge in [-0.1, -0.05) is 13.0 Å². The Morgan fingerprint density at radius 1 is 1.04 bits per heavy atom. The van der Waals surface area contributed by atoms with Crippen molar-refractivity contribution in [2.24, 2.45) is 17.3 Å². The second-order valence-corrected chi connectivity index (χ2v) is 10.9. The lowest BCUT2D eigenvalue weighted by Crippen LogP contribution is -2.44. The van der Waals surface area contributed by atoms with Gasteiger partial charge in [-0.15, -0.1) is 0 Å². The zero-order valence-electron chi connectivity index (χ0n) is 15.6. The molecule has 4 N–H and O–H groups in total. The first-order valence-electron chi connectivity index (χ1n) is 9.58. The molecule has 0 spiro atoms. The first kappa shape index (κ1) is 20.5. The van der Waals surface area contributed by atoms with Gasteiger partial charge in [0.15, 0.2) is 0 Å². The van der Waals surface area contributed by atoms with Crippen LogP contribution in [0.4, 0.5) is 0 Å². The minimum absolute atomic E-state index is 0.183. The van der Waals surface area contributed by atoms with E-state index in [0.717, 1.165) is 37.7 Å². The highest BCUT2D eigenvalue weighted by molar-refractivity contribution is 7.46. The molecule has 0 saturated heterocycles. The van der Waals surface area contributed by atoms with Crippen LogP contribution in [0.15, 0.2) is 18.2 Å². The van der Waals surface area contributed by atoms with E-state index in [4.69, 9.17) is 18.8 Å². The maximum Gasteiger partial charge on any atom is 0.524 e. The number of hydrogen-bond acceptors (Lipinski definition) is 4. The summed E-state index contributed by atoms with van der Waals surface area (Å²) in [5.41, 5.74) is 2.04. The second-order valence-electron chi connectivity index (χ2n) is 8.56. The van der Waals surface area contributed by atoms with Gasteiger partial charge in [0.05, 0.1) is 6.10 Å². The van der Waals surface area contributed by atoms with Gasteiger partial charge in [0, 0.05) is 0 Å². The van der Waals surface area contributed by atoms with E-state index in [9.17, 15) is 18.9 Å². The molecule has 1 aromatic rings. The Labute approximate surface area is 163 Å². The molecule has 0 bridgehead atoms. The molecule has 0 heterocycles. The minimum atomic E-state index is -4.58. The second kappa shape index (κ2) is 6.92. The third kappa shape index (κ3) is 3.84. The molecule has 8 nitrogen and oxygen atoms in total. The summed E-state index contributed by atoms with van der Waals surface area (Å²) in [5.74, 6) is 1.30. The van der Waals surface area contributed by atoms with E-state index in [2.05, 4.69) is 6.92 Å². The molecule has 0 amide bonds. The van der Waals surface area contributed by atoms with Crippen molar-refractivity contribution >= 4 is 15.6 Å². The van der Waals surface area contributed by atoms with Gasteiger partial charge >= 0.3 is 15.6 Å². The molecule has 28 heavy (non-hydrogen) atoms. The molecule has 5 atom stereocenters. The van der Waals surface area contributed by atoms with Crippen molar-refractivity contribution in [2.45, 2.75) is 57.5 Å². The van der Waals surface area contributed by atoms with Crippen molar-refractivity contribution in [1.29, 1.82) is 0 Å². The fraction of sp³-hybridized carbons (Fsp3) is 0.667. The lowest BCUT2D eigenvalue weighted by atomic mass is 9.55. The molecule has 2 saturated carbocycles. The number of fused-ring (bicyclic) bond motifs is 5. The van der Waals surface area contributed by atoms with Crippen LogP contribution in [-0.2, 0) is 20.1 Å². The lowest BCUT2D eigenvalue weighted by molar-refractivity contribution is -0.0217. The molecule has 2 fully saturated rings. The number of rotatable bonds is 4. The first-order valence-corrected chi connectivity index (χ1v) is 12.6. The quantitative estimate of drug-likeness (QED) is 0.532. The largest absolute Gasteiger partial charge is 0.524 e. The summed E-state index contributed by atoms with van der Waals surface area (Å²) in [6, 6.07) is 5.26. The smallest absolute Gasteiger partial charge is 0.404 e. The number of phosphoric ester groups is 2. The molecular weight excluding hydrogens is 406 g/mol. The van der Waals surface area contributed by atoms with Gasteiger partial charge in [-0.25, -0.2) is 9.13 Å². The highest BCUT2D eigenvalue weighted by atomic mass is 31.2. The van der Waals surface area contributed by atoms with E-state index >= 15 is 0 Å². The maximum atomic E-state index is 11.4. The highest BCUT2D eigenvalue weighted by Crippen LogP contribution is 2.63. The highest BCUT2D eigenvalue weighted by Gasteiger charge is 2.56. The van der Waals surface area contributed by atoms with E-state index in [1.807, 2.05) is 6.07 Å². The van der Waals surface area contributed by atoms with Crippen LogP contribution < -0.4 is 4.52 Å². The van der Waals surface area contributed by atoms with Gasteiger partial charge in [-0.05, 0) is 85.0 Å². The number of benzene rings is 1. The van der Waals surface area contributed by atoms with E-state index in [1.54, 1.807) is 12.1 Å². The van der Waals surface area contributed by atoms with E-state index < -0.39 is 21.7 Å². The minimum Gasteiger partial charge on any atom is -0.404 e. The molecule has 3 aliphatic carbocycles. The normalized spacial score (nSPS) is 35.0. The first-order chi connectivity index (χ1) is 13.0. The van der Waals surface area contributed by atoms with Gasteiger partial charge in [0.2, 0.25) is 0 Å². The van der Waals surface area contributed by atoms with Crippen LogP contribution in [0.1, 0.15) is 56.1 Å². The summed E-state index contributed by atoms with van der Waals surface area (Å²) in [5, 5.41) is 0. The predicted molar refractivity (Wildman–Crippen MR) is 101 cm³/mol. The van der Waals surface area contributed by atoms with E-state index in [-0.39, 0.29) is 11.2 Å². The summed E-state index contributed by atoms with van der Waals surface area (Å²) in [4.78, 5) is 36.6. The van der Waals surface area contributed by atoms with Crippen molar-refractivity contribution in [3.63, 3.8) is 0 Å². The molecular formula is C18H26O8P2. The Balaban J connectivity index is 1.57. The van der Waals surface area contributed by atoms with Gasteiger partial charge < -0.3 is 14.3 Å². The van der Waals surface area contributed by atoms with Crippen molar-refractivity contribution in [3.05, 3.63) is 29.3 Å². The summed E-state index contributed by atoms with van der Waals surface area (Å²) in [6.45, 7) is 2.10. The lowest BCUT2D eigenvalue weighted by Gasteiger charge is -2.50. The Morgan fingerprint density at radius 2 is 1.79 bits per heavy atom. The van der Waals surface area contributed by atoms with E-state index in [0.29, 0.717) is 24.2 Å². The Bertz CT molecular complexity index is 861. The monoisotopic (exact) mass is 432 g/mol. The average molecular weight is 432 g/mol. The van der Waals surface area contributed by atoms with Gasteiger partial charge in [-0.3, -0.25) is 14.3 Å². The van der Waals surface area contributed by atoms with Gasteiger partial charge in [0.25, 0.3) is 0 Å². The van der Waals surface area contributed by atoms with Crippen molar-refractivity contribution in [2.75, 3.05) is 0 Å². The van der Waals surface area contributed by atoms with Gasteiger partial charge in [0.1, 0.15) is 5.75 Å². The van der Waals surface area contributed by atoms with Crippen molar-refractivity contribution in [1.82, 2.24) is 0 Å². The number of phosphoric acid groups is 2. The summed E-state index contributed by atoms with van der Waals surface area (Å²) < 4.78 is 32.4. The summed E-state index contributed by atoms with van der Waals surface area (Å²) in [6.07, 6.45) is 4.63. The van der Waals surface area contributed by atoms with Crippen LogP contribution in [0.5, 0.6) is 5.75 Å². The third-order valence-corrected chi connectivity index (χ3v) is 8.08. The molecule has 1 aromatic carbocycles. The van der Waals surface area contributed by atoms with Crippen LogP contribution in [0, 0.1) is 17.3 Å². The summed E-state index contributed by atoms with van der Waals surface area (Å²) >= 11 is 0. The molecule has 0 radical (unpaired) electrons. The molecule has 4 rings (SSSR count). The molecule has 156 valence electrons. The fourth-order valence-electron chi connectivity index (χ4n) is 6.04. The van der Waals surface area contributed by atoms with E-state index in [1.165, 1.54) is 5.56 Å². The van der Waals surface area contributed by atoms with Crippen LogP contribution in [0.2, 0.25) is 0 Å². The van der Waals surface area contributed by atoms with Crippen molar-refractivity contribution in [3.8, 4) is 5.75 Å². The standard InChI is InChI=1S/C18H26O8P2/c1-18-9-8-14-13-5-3-12(25-27(19,20)21)10-11(13)2-4-15(14)16(18)6-7-17(18)26-28(22,23)24/h3,5,10,14-17H,2,4,6-9H2,1H3,(H2,19,20,21)(H2,22,23,24)/t14-,15-,16+,17?,18+/m1/s1. The zero-order valence-corrected chi connectivity index (χ0v) is 17.4. The fourth-order valence-corrected chi connectivity index (χ4v) is 7.11. The number of hydrogen-bond donors (Lipinski definition) is 4. The van der Waals surface area contributed by atoms with Crippen molar-refractivity contribution < 1.29 is 37.8 Å². The van der Waals surface area contributed by atoms with Crippen LogP contribution in [-0.4, -0.2) is 25.7 Å². The average Bonchev–Trinajstić information content (AvgIpc) is 2.88. The summed E-state index contributed by atoms with van der Waals surface area (Å²) in [7, 11) is -9.09. The Kier molecular flexibility index (Phi) is 5.08. The maximum absolute atomic E-state index is 11.4. The topological polar surface area (TPSA) is 134 Å². The molecule has 0 aliphatic heterocycles. The third-order valence-electron chi connectivity index (χ3n) is 7.10. The molecule has 0 aromatic heterocycles. The molecule has 1 unspecified atom stereocenters. The Hall–Kier alpha value is -0.720. The van der Waals surface area contributed by atoms with Gasteiger partial charge in [-0.2, -0.15) is 0 Å². The SMILES string of the molecule is C[C@]12CC[C@@H]3c4ccc(OP(=O)(O)O)cc4CC[C@H]3[C@@H]1CCC2OP(=O)(O)O. The Morgan fingerprint density at radius 3 is 2.46 bits per heavy atom. The molecule has 3 aliphatic rings. The predicted octanol–water partition coefficient (Wildman–Crippen LogP) is 3.49. The van der Waals surface area contributed by atoms with Crippen LogP contribution >= 0.6 is 15.6 Å².